The summed E-state index contributed by atoms with van der Waals surface area (Å²) in [7, 11) is -1.97. The van der Waals surface area contributed by atoms with E-state index in [1.165, 1.54) is 6.92 Å². The predicted molar refractivity (Wildman–Crippen MR) is 86.9 cm³/mol. The lowest BCUT2D eigenvalue weighted by atomic mass is 10.3. The molecular formula is C13H18N4O3S2. The summed E-state index contributed by atoms with van der Waals surface area (Å²) < 4.78 is 29.6. The van der Waals surface area contributed by atoms with Gasteiger partial charge < -0.3 is 5.32 Å². The highest BCUT2D eigenvalue weighted by Gasteiger charge is 2.23. The molecule has 0 unspecified atom stereocenters. The number of rotatable bonds is 4. The van der Waals surface area contributed by atoms with Crippen LogP contribution in [0, 0.1) is 20.8 Å². The van der Waals surface area contributed by atoms with Crippen LogP contribution in [-0.2, 0) is 21.9 Å². The van der Waals surface area contributed by atoms with Gasteiger partial charge >= 0.3 is 0 Å². The lowest BCUT2D eigenvalue weighted by molar-refractivity contribution is -0.114. The number of nitrogens with zero attached hydrogens (tertiary/aromatic N) is 2. The van der Waals surface area contributed by atoms with Crippen LogP contribution in [0.3, 0.4) is 0 Å². The van der Waals surface area contributed by atoms with Gasteiger partial charge in [-0.05, 0) is 32.4 Å². The van der Waals surface area contributed by atoms with Crippen LogP contribution in [0.4, 0.5) is 10.7 Å². The lowest BCUT2D eigenvalue weighted by Gasteiger charge is -2.07. The maximum Gasteiger partial charge on any atom is 0.271 e. The highest BCUT2D eigenvalue weighted by Crippen LogP contribution is 2.32. The molecule has 2 aromatic heterocycles. The average molecular weight is 342 g/mol. The third-order valence-corrected chi connectivity index (χ3v) is 6.30. The summed E-state index contributed by atoms with van der Waals surface area (Å²) in [5.74, 6) is -0.239. The third-order valence-electron chi connectivity index (χ3n) is 3.16. The van der Waals surface area contributed by atoms with E-state index in [0.717, 1.165) is 17.0 Å². The monoisotopic (exact) mass is 342 g/mol. The molecule has 0 atom stereocenters. The van der Waals surface area contributed by atoms with Gasteiger partial charge in [0.25, 0.3) is 10.0 Å². The number of nitrogens with one attached hydrogen (secondary N) is 2. The summed E-state index contributed by atoms with van der Waals surface area (Å²) in [4.78, 5) is 11.1. The van der Waals surface area contributed by atoms with Crippen molar-refractivity contribution in [2.45, 2.75) is 31.9 Å². The topological polar surface area (TPSA) is 93.1 Å². The van der Waals surface area contributed by atoms with E-state index in [4.69, 9.17) is 0 Å². The Kier molecular flexibility index (Phi) is 4.30. The standard InChI is InChI=1S/C13H18N4O3S2/c1-7-6-11(14-10(4)18)21-13(7)22(19,20)16-12-8(2)15-17(5)9(12)3/h6,16H,1-5H3,(H,14,18). The number of aryl methyl sites for hydroxylation is 3. The van der Waals surface area contributed by atoms with Gasteiger partial charge in [-0.2, -0.15) is 5.10 Å². The highest BCUT2D eigenvalue weighted by molar-refractivity contribution is 7.94. The van der Waals surface area contributed by atoms with Crippen molar-refractivity contribution in [3.8, 4) is 0 Å². The van der Waals surface area contributed by atoms with Gasteiger partial charge in [0.2, 0.25) is 5.91 Å². The number of thiophene rings is 1. The van der Waals surface area contributed by atoms with E-state index in [-0.39, 0.29) is 10.1 Å². The van der Waals surface area contributed by atoms with Gasteiger partial charge in [-0.1, -0.05) is 0 Å². The van der Waals surface area contributed by atoms with E-state index in [2.05, 4.69) is 15.1 Å². The Hall–Kier alpha value is -1.87. The summed E-state index contributed by atoms with van der Waals surface area (Å²) in [6.45, 7) is 6.61. The van der Waals surface area contributed by atoms with E-state index < -0.39 is 10.0 Å². The van der Waals surface area contributed by atoms with Gasteiger partial charge in [0.1, 0.15) is 4.21 Å². The highest BCUT2D eigenvalue weighted by atomic mass is 32.2. The maximum absolute atomic E-state index is 12.6. The average Bonchev–Trinajstić information content (AvgIpc) is 2.85. The molecule has 2 N–H and O–H groups in total. The molecule has 0 aromatic carbocycles. The number of aromatic nitrogens is 2. The number of amides is 1. The van der Waals surface area contributed by atoms with Crippen LogP contribution in [0.15, 0.2) is 10.3 Å². The van der Waals surface area contributed by atoms with Crippen molar-refractivity contribution in [1.82, 2.24) is 9.78 Å². The minimum atomic E-state index is -3.73. The second-order valence-electron chi connectivity index (χ2n) is 5.04. The summed E-state index contributed by atoms with van der Waals surface area (Å²) in [5.41, 5.74) is 2.41. The number of anilines is 2. The Bertz CT molecular complexity index is 834. The normalized spacial score (nSPS) is 11.5. The zero-order chi connectivity index (χ0) is 16.7. The molecule has 0 bridgehead atoms. The predicted octanol–water partition coefficient (Wildman–Crippen LogP) is 2.17. The second kappa shape index (κ2) is 5.73. The quantitative estimate of drug-likeness (QED) is 0.890. The number of hydrogen-bond acceptors (Lipinski definition) is 5. The second-order valence-corrected chi connectivity index (χ2v) is 7.97. The minimum Gasteiger partial charge on any atom is -0.318 e. The van der Waals surface area contributed by atoms with Crippen LogP contribution < -0.4 is 10.0 Å². The van der Waals surface area contributed by atoms with E-state index in [1.54, 1.807) is 38.6 Å². The molecule has 0 radical (unpaired) electrons. The Morgan fingerprint density at radius 3 is 2.45 bits per heavy atom. The Balaban J connectivity index is 2.39. The first kappa shape index (κ1) is 16.5. The molecule has 0 aliphatic rings. The van der Waals surface area contributed by atoms with E-state index >= 15 is 0 Å². The molecule has 22 heavy (non-hydrogen) atoms. The van der Waals surface area contributed by atoms with Gasteiger partial charge in [-0.3, -0.25) is 14.2 Å². The van der Waals surface area contributed by atoms with Gasteiger partial charge in [0.15, 0.2) is 0 Å². The van der Waals surface area contributed by atoms with E-state index in [9.17, 15) is 13.2 Å². The van der Waals surface area contributed by atoms with Crippen LogP contribution in [0.2, 0.25) is 0 Å². The molecule has 0 fully saturated rings. The number of hydrogen-bond donors (Lipinski definition) is 2. The molecule has 120 valence electrons. The molecular weight excluding hydrogens is 324 g/mol. The fraction of sp³-hybridized carbons (Fsp3) is 0.385. The third kappa shape index (κ3) is 3.14. The van der Waals surface area contributed by atoms with Crippen LogP contribution >= 0.6 is 11.3 Å². The van der Waals surface area contributed by atoms with Crippen LogP contribution in [0.5, 0.6) is 0 Å². The molecule has 2 aromatic rings. The smallest absolute Gasteiger partial charge is 0.271 e. The zero-order valence-corrected chi connectivity index (χ0v) is 14.6. The fourth-order valence-corrected chi connectivity index (χ4v) is 4.89. The Labute approximate surface area is 133 Å². The Morgan fingerprint density at radius 2 is 1.95 bits per heavy atom. The maximum atomic E-state index is 12.6. The number of carbonyl (C=O) groups is 1. The summed E-state index contributed by atoms with van der Waals surface area (Å²) in [6.07, 6.45) is 0. The van der Waals surface area contributed by atoms with Crippen LogP contribution in [-0.4, -0.2) is 24.1 Å². The van der Waals surface area contributed by atoms with Gasteiger partial charge in [0, 0.05) is 14.0 Å². The lowest BCUT2D eigenvalue weighted by Crippen LogP contribution is -2.13. The molecule has 7 nitrogen and oxygen atoms in total. The van der Waals surface area contributed by atoms with Gasteiger partial charge in [-0.25, -0.2) is 8.42 Å². The molecule has 2 heterocycles. The summed E-state index contributed by atoms with van der Waals surface area (Å²) >= 11 is 1.02. The van der Waals surface area contributed by atoms with Crippen molar-refractivity contribution in [3.63, 3.8) is 0 Å². The Morgan fingerprint density at radius 1 is 1.32 bits per heavy atom. The molecule has 2 rings (SSSR count). The van der Waals surface area contributed by atoms with Crippen LogP contribution in [0.1, 0.15) is 23.9 Å². The van der Waals surface area contributed by atoms with Crippen molar-refractivity contribution < 1.29 is 13.2 Å². The zero-order valence-electron chi connectivity index (χ0n) is 13.0. The minimum absolute atomic E-state index is 0.180. The van der Waals surface area contributed by atoms with Gasteiger partial charge in [-0.15, -0.1) is 11.3 Å². The molecule has 1 amide bonds. The number of sulfonamides is 1. The van der Waals surface area contributed by atoms with Crippen molar-refractivity contribution in [3.05, 3.63) is 23.0 Å². The SMILES string of the molecule is CC(=O)Nc1cc(C)c(S(=O)(=O)Nc2c(C)nn(C)c2C)s1. The van der Waals surface area contributed by atoms with Crippen molar-refractivity contribution in [1.29, 1.82) is 0 Å². The first-order valence-corrected chi connectivity index (χ1v) is 8.83. The van der Waals surface area contributed by atoms with E-state index in [0.29, 0.717) is 21.9 Å². The van der Waals surface area contributed by atoms with Crippen molar-refractivity contribution >= 4 is 38.0 Å². The van der Waals surface area contributed by atoms with Crippen molar-refractivity contribution in [2.24, 2.45) is 7.05 Å². The van der Waals surface area contributed by atoms with E-state index in [1.807, 2.05) is 0 Å². The summed E-state index contributed by atoms with van der Waals surface area (Å²) in [5, 5.41) is 7.30. The fourth-order valence-electron chi connectivity index (χ4n) is 2.07. The molecule has 0 saturated carbocycles. The first-order chi connectivity index (χ1) is 10.1. The van der Waals surface area contributed by atoms with Crippen molar-refractivity contribution in [2.75, 3.05) is 10.0 Å². The largest absolute Gasteiger partial charge is 0.318 e. The molecule has 0 spiro atoms. The molecule has 9 heteroatoms. The first-order valence-electron chi connectivity index (χ1n) is 6.53. The number of carbonyl (C=O) groups excluding carboxylic acids is 1. The van der Waals surface area contributed by atoms with Gasteiger partial charge in [0.05, 0.1) is 22.1 Å². The molecule has 0 saturated heterocycles. The molecule has 0 aliphatic carbocycles. The molecule has 0 aliphatic heterocycles. The summed E-state index contributed by atoms with van der Waals surface area (Å²) in [6, 6.07) is 1.64. The van der Waals surface area contributed by atoms with Crippen LogP contribution in [0.25, 0.3) is 0 Å².